The molecule has 0 bridgehead atoms. The first-order valence-corrected chi connectivity index (χ1v) is 11.5. The summed E-state index contributed by atoms with van der Waals surface area (Å²) >= 11 is 1.38. The van der Waals surface area contributed by atoms with Crippen LogP contribution in [0.15, 0.2) is 84.3 Å². The minimum Gasteiger partial charge on any atom is -0.325 e. The second kappa shape index (κ2) is 10.2. The fourth-order valence-electron chi connectivity index (χ4n) is 3.32. The van der Waals surface area contributed by atoms with Gasteiger partial charge in [0.2, 0.25) is 5.91 Å². The summed E-state index contributed by atoms with van der Waals surface area (Å²) in [5.41, 5.74) is 4.08. The standard InChI is InChI=1S/C25H25N5OS/c1-18(2)21-9-6-10-22(15-21)27-23(31)17-32-25-29-28-24(20-11-13-26-14-12-20)30(25)16-19-7-4-3-5-8-19/h3-15,18H,16-17H2,1-2H3,(H,27,31). The molecule has 32 heavy (non-hydrogen) atoms. The highest BCUT2D eigenvalue weighted by Crippen LogP contribution is 2.25. The number of amides is 1. The van der Waals surface area contributed by atoms with E-state index in [1.54, 1.807) is 12.4 Å². The minimum absolute atomic E-state index is 0.0735. The fourth-order valence-corrected chi connectivity index (χ4v) is 4.06. The van der Waals surface area contributed by atoms with Crippen molar-refractivity contribution in [2.75, 3.05) is 11.1 Å². The monoisotopic (exact) mass is 443 g/mol. The number of nitrogens with zero attached hydrogens (tertiary/aromatic N) is 4. The number of carbonyl (C=O) groups excluding carboxylic acids is 1. The van der Waals surface area contributed by atoms with Crippen LogP contribution in [-0.4, -0.2) is 31.4 Å². The van der Waals surface area contributed by atoms with E-state index in [4.69, 9.17) is 0 Å². The van der Waals surface area contributed by atoms with Crippen molar-refractivity contribution in [1.29, 1.82) is 0 Å². The molecule has 0 atom stereocenters. The normalized spacial score (nSPS) is 11.0. The molecule has 162 valence electrons. The van der Waals surface area contributed by atoms with Crippen LogP contribution in [0.5, 0.6) is 0 Å². The van der Waals surface area contributed by atoms with Crippen LogP contribution >= 0.6 is 11.8 Å². The van der Waals surface area contributed by atoms with Gasteiger partial charge in [-0.1, -0.05) is 68.1 Å². The molecule has 0 unspecified atom stereocenters. The summed E-state index contributed by atoms with van der Waals surface area (Å²) in [7, 11) is 0. The third kappa shape index (κ3) is 5.42. The largest absolute Gasteiger partial charge is 0.325 e. The fraction of sp³-hybridized carbons (Fsp3) is 0.200. The number of carbonyl (C=O) groups is 1. The first kappa shape index (κ1) is 21.8. The number of hydrogen-bond donors (Lipinski definition) is 1. The van der Waals surface area contributed by atoms with Crippen molar-refractivity contribution in [3.8, 4) is 11.4 Å². The summed E-state index contributed by atoms with van der Waals surface area (Å²) in [6.07, 6.45) is 3.48. The second-order valence-electron chi connectivity index (χ2n) is 7.73. The van der Waals surface area contributed by atoms with Gasteiger partial charge >= 0.3 is 0 Å². The average molecular weight is 444 g/mol. The van der Waals surface area contributed by atoms with Gasteiger partial charge in [0.1, 0.15) is 0 Å². The lowest BCUT2D eigenvalue weighted by molar-refractivity contribution is -0.113. The predicted octanol–water partition coefficient (Wildman–Crippen LogP) is 5.24. The molecule has 0 aliphatic carbocycles. The molecule has 7 heteroatoms. The van der Waals surface area contributed by atoms with Gasteiger partial charge in [0.15, 0.2) is 11.0 Å². The Bertz CT molecular complexity index is 1180. The van der Waals surface area contributed by atoms with Crippen LogP contribution in [-0.2, 0) is 11.3 Å². The van der Waals surface area contributed by atoms with Gasteiger partial charge in [0.05, 0.1) is 12.3 Å². The van der Waals surface area contributed by atoms with E-state index < -0.39 is 0 Å². The van der Waals surface area contributed by atoms with Gasteiger partial charge in [0, 0.05) is 23.6 Å². The van der Waals surface area contributed by atoms with Gasteiger partial charge < -0.3 is 5.32 Å². The zero-order valence-electron chi connectivity index (χ0n) is 18.1. The molecule has 1 amide bonds. The first-order chi connectivity index (χ1) is 15.6. The smallest absolute Gasteiger partial charge is 0.234 e. The molecular formula is C25H25N5OS. The molecular weight excluding hydrogens is 418 g/mol. The van der Waals surface area contributed by atoms with Crippen LogP contribution in [0, 0.1) is 0 Å². The van der Waals surface area contributed by atoms with Gasteiger partial charge in [-0.15, -0.1) is 10.2 Å². The Morgan fingerprint density at radius 2 is 1.78 bits per heavy atom. The van der Waals surface area contributed by atoms with Crippen LogP contribution in [0.25, 0.3) is 11.4 Å². The number of hydrogen-bond acceptors (Lipinski definition) is 5. The predicted molar refractivity (Wildman–Crippen MR) is 129 cm³/mol. The van der Waals surface area contributed by atoms with Crippen molar-refractivity contribution in [3.63, 3.8) is 0 Å². The van der Waals surface area contributed by atoms with Gasteiger partial charge in [-0.3, -0.25) is 14.3 Å². The molecule has 0 aliphatic heterocycles. The van der Waals surface area contributed by atoms with Crippen molar-refractivity contribution < 1.29 is 4.79 Å². The van der Waals surface area contributed by atoms with E-state index in [0.717, 1.165) is 22.6 Å². The Hall–Kier alpha value is -3.45. The Kier molecular flexibility index (Phi) is 6.97. The lowest BCUT2D eigenvalue weighted by atomic mass is 10.0. The molecule has 1 N–H and O–H groups in total. The maximum atomic E-state index is 12.6. The minimum atomic E-state index is -0.0735. The number of anilines is 1. The van der Waals surface area contributed by atoms with E-state index in [9.17, 15) is 4.79 Å². The molecule has 0 aliphatic rings. The van der Waals surface area contributed by atoms with Gasteiger partial charge in [-0.05, 0) is 41.3 Å². The van der Waals surface area contributed by atoms with Crippen LogP contribution < -0.4 is 5.32 Å². The highest BCUT2D eigenvalue weighted by atomic mass is 32.2. The quantitative estimate of drug-likeness (QED) is 0.377. The number of pyridine rings is 1. The van der Waals surface area contributed by atoms with Crippen LogP contribution in [0.4, 0.5) is 5.69 Å². The average Bonchev–Trinajstić information content (AvgIpc) is 3.21. The van der Waals surface area contributed by atoms with Crippen molar-refractivity contribution >= 4 is 23.4 Å². The van der Waals surface area contributed by atoms with Crippen LogP contribution in [0.1, 0.15) is 30.9 Å². The molecule has 6 nitrogen and oxygen atoms in total. The molecule has 0 spiro atoms. The summed E-state index contributed by atoms with van der Waals surface area (Å²) in [4.78, 5) is 16.7. The van der Waals surface area contributed by atoms with E-state index in [-0.39, 0.29) is 11.7 Å². The van der Waals surface area contributed by atoms with Crippen molar-refractivity contribution in [2.45, 2.75) is 31.5 Å². The lowest BCUT2D eigenvalue weighted by Gasteiger charge is -2.11. The first-order valence-electron chi connectivity index (χ1n) is 10.5. The maximum absolute atomic E-state index is 12.6. The summed E-state index contributed by atoms with van der Waals surface area (Å²) in [6, 6.07) is 21.9. The maximum Gasteiger partial charge on any atom is 0.234 e. The van der Waals surface area contributed by atoms with Crippen molar-refractivity contribution in [3.05, 3.63) is 90.3 Å². The topological polar surface area (TPSA) is 72.7 Å². The van der Waals surface area contributed by atoms with Crippen LogP contribution in [0.2, 0.25) is 0 Å². The molecule has 0 saturated carbocycles. The summed E-state index contributed by atoms with van der Waals surface area (Å²) in [5.74, 6) is 1.33. The summed E-state index contributed by atoms with van der Waals surface area (Å²) in [6.45, 7) is 4.89. The Morgan fingerprint density at radius 1 is 1.00 bits per heavy atom. The van der Waals surface area contributed by atoms with E-state index >= 15 is 0 Å². The molecule has 2 aromatic heterocycles. The molecule has 2 heterocycles. The number of nitrogens with one attached hydrogen (secondary N) is 1. The molecule has 0 radical (unpaired) electrons. The molecule has 4 rings (SSSR count). The number of benzene rings is 2. The lowest BCUT2D eigenvalue weighted by Crippen LogP contribution is -2.15. The molecule has 0 fully saturated rings. The van der Waals surface area contributed by atoms with Crippen molar-refractivity contribution in [1.82, 2.24) is 19.7 Å². The van der Waals surface area contributed by atoms with Gasteiger partial charge in [-0.2, -0.15) is 0 Å². The number of thioether (sulfide) groups is 1. The number of aromatic nitrogens is 4. The van der Waals surface area contributed by atoms with Gasteiger partial charge in [0.25, 0.3) is 0 Å². The SMILES string of the molecule is CC(C)c1cccc(NC(=O)CSc2nnc(-c3ccncc3)n2Cc2ccccc2)c1. The third-order valence-electron chi connectivity index (χ3n) is 5.01. The summed E-state index contributed by atoms with van der Waals surface area (Å²) in [5, 5.41) is 12.5. The van der Waals surface area contributed by atoms with E-state index in [1.165, 1.54) is 17.3 Å². The highest BCUT2D eigenvalue weighted by Gasteiger charge is 2.16. The Balaban J connectivity index is 1.51. The molecule has 2 aromatic carbocycles. The van der Waals surface area contributed by atoms with Crippen molar-refractivity contribution in [2.24, 2.45) is 0 Å². The van der Waals surface area contributed by atoms with E-state index in [0.29, 0.717) is 17.6 Å². The molecule has 0 saturated heterocycles. The third-order valence-corrected chi connectivity index (χ3v) is 5.98. The second-order valence-corrected chi connectivity index (χ2v) is 8.67. The van der Waals surface area contributed by atoms with Gasteiger partial charge in [-0.25, -0.2) is 0 Å². The van der Waals surface area contributed by atoms with Crippen LogP contribution in [0.3, 0.4) is 0 Å². The Labute approximate surface area is 192 Å². The summed E-state index contributed by atoms with van der Waals surface area (Å²) < 4.78 is 2.04. The van der Waals surface area contributed by atoms with E-state index in [1.807, 2.05) is 53.1 Å². The zero-order chi connectivity index (χ0) is 22.3. The zero-order valence-corrected chi connectivity index (χ0v) is 18.9. The molecule has 4 aromatic rings. The number of rotatable bonds is 8. The Morgan fingerprint density at radius 3 is 2.53 bits per heavy atom. The van der Waals surface area contributed by atoms with E-state index in [2.05, 4.69) is 52.5 Å². The highest BCUT2D eigenvalue weighted by molar-refractivity contribution is 7.99.